The summed E-state index contributed by atoms with van der Waals surface area (Å²) in [6.07, 6.45) is -0.146. The maximum absolute atomic E-state index is 12.0. The standard InChI is InChI=1S/C16H11N3O5/c20-14(12-7-4-8-13(9-12)19(21)22)10-23-16-18-17-15(24-16)11-5-2-1-3-6-11/h1-9H,10H2. The number of hydrogen-bond donors (Lipinski definition) is 0. The number of carbonyl (C=O) groups is 1. The second-order valence-electron chi connectivity index (χ2n) is 4.76. The molecule has 120 valence electrons. The van der Waals surface area contributed by atoms with E-state index in [-0.39, 0.29) is 29.8 Å². The fraction of sp³-hybridized carbons (Fsp3) is 0.0625. The average molecular weight is 325 g/mol. The SMILES string of the molecule is O=C(COc1nnc(-c2ccccc2)o1)c1cccc([N+](=O)[O-])c1. The summed E-state index contributed by atoms with van der Waals surface area (Å²) in [5.74, 6) is -0.161. The molecule has 0 aliphatic carbocycles. The Morgan fingerprint density at radius 1 is 1.12 bits per heavy atom. The zero-order chi connectivity index (χ0) is 16.9. The largest absolute Gasteiger partial charge is 0.441 e. The van der Waals surface area contributed by atoms with Crippen LogP contribution in [0.3, 0.4) is 0 Å². The number of ketones is 1. The van der Waals surface area contributed by atoms with E-state index in [1.807, 2.05) is 18.2 Å². The lowest BCUT2D eigenvalue weighted by atomic mass is 10.1. The molecule has 1 heterocycles. The molecule has 0 fully saturated rings. The third-order valence-corrected chi connectivity index (χ3v) is 3.13. The van der Waals surface area contributed by atoms with Crippen LogP contribution in [-0.4, -0.2) is 27.5 Å². The van der Waals surface area contributed by atoms with Crippen molar-refractivity contribution in [1.82, 2.24) is 10.2 Å². The highest BCUT2D eigenvalue weighted by Crippen LogP contribution is 2.20. The summed E-state index contributed by atoms with van der Waals surface area (Å²) in [6, 6.07) is 14.5. The normalized spacial score (nSPS) is 10.3. The Labute approximate surface area is 135 Å². The van der Waals surface area contributed by atoms with Gasteiger partial charge in [0, 0.05) is 23.3 Å². The number of Topliss-reactive ketones (excluding diaryl/α,β-unsaturated/α-hetero) is 1. The lowest BCUT2D eigenvalue weighted by Crippen LogP contribution is -2.12. The molecule has 0 saturated heterocycles. The van der Waals surface area contributed by atoms with E-state index in [9.17, 15) is 14.9 Å². The number of benzene rings is 2. The second kappa shape index (κ2) is 6.69. The van der Waals surface area contributed by atoms with Gasteiger partial charge in [0.15, 0.2) is 6.61 Å². The predicted molar refractivity (Wildman–Crippen MR) is 82.7 cm³/mol. The number of non-ortho nitro benzene ring substituents is 1. The topological polar surface area (TPSA) is 108 Å². The first kappa shape index (κ1) is 15.3. The second-order valence-corrected chi connectivity index (χ2v) is 4.76. The maximum atomic E-state index is 12.0. The van der Waals surface area contributed by atoms with Crippen LogP contribution in [0.1, 0.15) is 10.4 Å². The minimum absolute atomic E-state index is 0.146. The summed E-state index contributed by atoms with van der Waals surface area (Å²) in [6.45, 7) is -0.364. The van der Waals surface area contributed by atoms with Crippen LogP contribution in [0.25, 0.3) is 11.5 Å². The number of ether oxygens (including phenoxy) is 1. The molecule has 0 atom stereocenters. The number of nitro groups is 1. The van der Waals surface area contributed by atoms with Crippen LogP contribution < -0.4 is 4.74 Å². The lowest BCUT2D eigenvalue weighted by Gasteiger charge is -2.01. The first-order valence-corrected chi connectivity index (χ1v) is 6.93. The molecule has 0 amide bonds. The van der Waals surface area contributed by atoms with Crippen molar-refractivity contribution < 1.29 is 18.9 Å². The molecule has 0 radical (unpaired) electrons. The minimum atomic E-state index is -0.568. The van der Waals surface area contributed by atoms with E-state index in [2.05, 4.69) is 10.2 Å². The van der Waals surface area contributed by atoms with E-state index in [0.717, 1.165) is 5.56 Å². The van der Waals surface area contributed by atoms with Gasteiger partial charge in [-0.2, -0.15) is 0 Å². The van der Waals surface area contributed by atoms with Gasteiger partial charge in [0.05, 0.1) is 4.92 Å². The number of carbonyl (C=O) groups excluding carboxylic acids is 1. The van der Waals surface area contributed by atoms with Crippen LogP contribution in [0, 0.1) is 10.1 Å². The van der Waals surface area contributed by atoms with Crippen molar-refractivity contribution in [3.8, 4) is 17.5 Å². The Balaban J connectivity index is 1.66. The van der Waals surface area contributed by atoms with Crippen molar-refractivity contribution in [3.05, 3.63) is 70.3 Å². The first-order valence-electron chi connectivity index (χ1n) is 6.93. The van der Waals surface area contributed by atoms with Crippen LogP contribution in [-0.2, 0) is 0 Å². The van der Waals surface area contributed by atoms with Crippen molar-refractivity contribution >= 4 is 11.5 Å². The molecule has 3 aromatic rings. The minimum Gasteiger partial charge on any atom is -0.441 e. The molecule has 0 spiro atoms. The van der Waals surface area contributed by atoms with Gasteiger partial charge in [0.1, 0.15) is 0 Å². The Morgan fingerprint density at radius 2 is 1.92 bits per heavy atom. The molecular formula is C16H11N3O5. The molecular weight excluding hydrogens is 314 g/mol. The van der Waals surface area contributed by atoms with Crippen molar-refractivity contribution in [2.45, 2.75) is 0 Å². The molecule has 0 saturated carbocycles. The molecule has 1 aromatic heterocycles. The summed E-state index contributed by atoms with van der Waals surface area (Å²) in [5, 5.41) is 18.3. The van der Waals surface area contributed by atoms with E-state index in [1.54, 1.807) is 12.1 Å². The monoisotopic (exact) mass is 325 g/mol. The first-order chi connectivity index (χ1) is 11.6. The highest BCUT2D eigenvalue weighted by atomic mass is 16.6. The molecule has 0 bridgehead atoms. The molecule has 2 aromatic carbocycles. The van der Waals surface area contributed by atoms with Crippen molar-refractivity contribution in [2.24, 2.45) is 0 Å². The Kier molecular flexibility index (Phi) is 4.28. The van der Waals surface area contributed by atoms with E-state index >= 15 is 0 Å². The smallest absolute Gasteiger partial charge is 0.415 e. The van der Waals surface area contributed by atoms with Crippen molar-refractivity contribution in [3.63, 3.8) is 0 Å². The maximum Gasteiger partial charge on any atom is 0.415 e. The molecule has 24 heavy (non-hydrogen) atoms. The number of nitrogens with zero attached hydrogens (tertiary/aromatic N) is 3. The van der Waals surface area contributed by atoms with Crippen molar-refractivity contribution in [1.29, 1.82) is 0 Å². The molecule has 3 rings (SSSR count). The number of nitro benzene ring substituents is 1. The van der Waals surface area contributed by atoms with Crippen LogP contribution in [0.5, 0.6) is 6.08 Å². The zero-order valence-corrected chi connectivity index (χ0v) is 12.3. The van der Waals surface area contributed by atoms with Gasteiger partial charge in [-0.1, -0.05) is 35.4 Å². The molecule has 0 aliphatic heterocycles. The van der Waals surface area contributed by atoms with Gasteiger partial charge in [-0.3, -0.25) is 14.9 Å². The summed E-state index contributed by atoms with van der Waals surface area (Å²) in [7, 11) is 0. The summed E-state index contributed by atoms with van der Waals surface area (Å²) in [5.41, 5.74) is 0.738. The summed E-state index contributed by atoms with van der Waals surface area (Å²) >= 11 is 0. The number of rotatable bonds is 6. The third-order valence-electron chi connectivity index (χ3n) is 3.13. The summed E-state index contributed by atoms with van der Waals surface area (Å²) < 4.78 is 10.5. The van der Waals surface area contributed by atoms with Gasteiger partial charge in [-0.25, -0.2) is 0 Å². The zero-order valence-electron chi connectivity index (χ0n) is 12.3. The van der Waals surface area contributed by atoms with E-state index in [1.165, 1.54) is 24.3 Å². The third kappa shape index (κ3) is 3.43. The Morgan fingerprint density at radius 3 is 2.67 bits per heavy atom. The molecule has 8 heteroatoms. The molecule has 0 aliphatic rings. The van der Waals surface area contributed by atoms with Crippen LogP contribution in [0.2, 0.25) is 0 Å². The average Bonchev–Trinajstić information content (AvgIpc) is 3.09. The van der Waals surface area contributed by atoms with Gasteiger partial charge in [0.25, 0.3) is 11.6 Å². The lowest BCUT2D eigenvalue weighted by molar-refractivity contribution is -0.384. The fourth-order valence-corrected chi connectivity index (χ4v) is 1.97. The van der Waals surface area contributed by atoms with Crippen molar-refractivity contribution in [2.75, 3.05) is 6.61 Å². The fourth-order valence-electron chi connectivity index (χ4n) is 1.97. The molecule has 8 nitrogen and oxygen atoms in total. The number of aromatic nitrogens is 2. The van der Waals surface area contributed by atoms with Gasteiger partial charge in [-0.05, 0) is 12.1 Å². The van der Waals surface area contributed by atoms with E-state index in [0.29, 0.717) is 0 Å². The van der Waals surface area contributed by atoms with E-state index in [4.69, 9.17) is 9.15 Å². The van der Waals surface area contributed by atoms with Gasteiger partial charge >= 0.3 is 6.08 Å². The highest BCUT2D eigenvalue weighted by Gasteiger charge is 2.14. The highest BCUT2D eigenvalue weighted by molar-refractivity contribution is 5.97. The van der Waals surface area contributed by atoms with Gasteiger partial charge in [-0.15, -0.1) is 5.10 Å². The molecule has 0 unspecified atom stereocenters. The van der Waals surface area contributed by atoms with Crippen LogP contribution in [0.4, 0.5) is 5.69 Å². The Bertz CT molecular complexity index is 876. The summed E-state index contributed by atoms with van der Waals surface area (Å²) in [4.78, 5) is 22.2. The quantitative estimate of drug-likeness (QED) is 0.389. The van der Waals surface area contributed by atoms with E-state index < -0.39 is 10.7 Å². The van der Waals surface area contributed by atoms with Crippen LogP contribution in [0.15, 0.2) is 59.0 Å². The Hall–Kier alpha value is -3.55. The van der Waals surface area contributed by atoms with Crippen LogP contribution >= 0.6 is 0 Å². The van der Waals surface area contributed by atoms with Gasteiger partial charge < -0.3 is 9.15 Å². The molecule has 0 N–H and O–H groups in total. The van der Waals surface area contributed by atoms with Gasteiger partial charge in [0.2, 0.25) is 5.78 Å². The number of hydrogen-bond acceptors (Lipinski definition) is 7. The predicted octanol–water partition coefficient (Wildman–Crippen LogP) is 2.91.